The second kappa shape index (κ2) is 5.71. The van der Waals surface area contributed by atoms with Crippen molar-refractivity contribution in [3.8, 4) is 0 Å². The third-order valence-corrected chi connectivity index (χ3v) is 5.15. The van der Waals surface area contributed by atoms with Gasteiger partial charge in [0.15, 0.2) is 4.90 Å². The van der Waals surface area contributed by atoms with Crippen LogP contribution in [0.3, 0.4) is 0 Å². The first-order valence-electron chi connectivity index (χ1n) is 6.16. The van der Waals surface area contributed by atoms with E-state index >= 15 is 0 Å². The zero-order valence-electron chi connectivity index (χ0n) is 10.9. The molecule has 8 heteroatoms. The van der Waals surface area contributed by atoms with Gasteiger partial charge in [0.2, 0.25) is 10.0 Å². The maximum absolute atomic E-state index is 13.6. The van der Waals surface area contributed by atoms with Gasteiger partial charge in [-0.2, -0.15) is 4.31 Å². The highest BCUT2D eigenvalue weighted by Crippen LogP contribution is 2.23. The van der Waals surface area contributed by atoms with Crippen molar-refractivity contribution in [1.29, 1.82) is 0 Å². The quantitative estimate of drug-likeness (QED) is 0.916. The minimum absolute atomic E-state index is 0.0404. The van der Waals surface area contributed by atoms with Crippen LogP contribution in [0.15, 0.2) is 17.0 Å². The van der Waals surface area contributed by atoms with Gasteiger partial charge in [-0.3, -0.25) is 0 Å². The Hall–Kier alpha value is -1.12. The fraction of sp³-hybridized carbons (Fsp3) is 0.500. The molecule has 0 spiro atoms. The van der Waals surface area contributed by atoms with E-state index in [1.165, 1.54) is 7.05 Å². The molecular formula is C12H15F3N2O2S. The largest absolute Gasteiger partial charge is 0.313 e. The molecule has 4 nitrogen and oxygen atoms in total. The molecule has 0 saturated carbocycles. The monoisotopic (exact) mass is 308 g/mol. The summed E-state index contributed by atoms with van der Waals surface area (Å²) in [5.41, 5.74) is 0. The van der Waals surface area contributed by atoms with Gasteiger partial charge in [-0.1, -0.05) is 0 Å². The van der Waals surface area contributed by atoms with Crippen molar-refractivity contribution in [3.05, 3.63) is 29.6 Å². The highest BCUT2D eigenvalue weighted by Gasteiger charge is 2.31. The molecule has 1 fully saturated rings. The molecule has 0 aliphatic carbocycles. The third-order valence-electron chi connectivity index (χ3n) is 3.27. The third kappa shape index (κ3) is 2.97. The molecule has 1 heterocycles. The normalized spacial score (nSPS) is 19.8. The Kier molecular flexibility index (Phi) is 4.36. The van der Waals surface area contributed by atoms with Gasteiger partial charge in [0, 0.05) is 31.8 Å². The maximum Gasteiger partial charge on any atom is 0.248 e. The van der Waals surface area contributed by atoms with Gasteiger partial charge >= 0.3 is 0 Å². The van der Waals surface area contributed by atoms with E-state index in [0.29, 0.717) is 12.1 Å². The van der Waals surface area contributed by atoms with Crippen LogP contribution >= 0.6 is 0 Å². The molecular weight excluding hydrogens is 293 g/mol. The standard InChI is InChI=1S/C12H15F3N2O2S/c1-17(7-9-3-2-4-16-9)20(18,19)12-10(14)5-8(13)6-11(12)15/h5-6,9,16H,2-4,7H2,1H3. The predicted octanol–water partition coefficient (Wildman–Crippen LogP) is 1.48. The van der Waals surface area contributed by atoms with E-state index in [4.69, 9.17) is 0 Å². The summed E-state index contributed by atoms with van der Waals surface area (Å²) in [6.07, 6.45) is 1.73. The SMILES string of the molecule is CN(CC1CCCN1)S(=O)(=O)c1c(F)cc(F)cc1F. The molecule has 1 N–H and O–H groups in total. The molecule has 0 aromatic heterocycles. The molecule has 0 radical (unpaired) electrons. The summed E-state index contributed by atoms with van der Waals surface area (Å²) in [4.78, 5) is -1.11. The molecule has 1 aromatic carbocycles. The molecule has 1 saturated heterocycles. The van der Waals surface area contributed by atoms with E-state index in [1.807, 2.05) is 0 Å². The van der Waals surface area contributed by atoms with E-state index in [0.717, 1.165) is 23.7 Å². The average Bonchev–Trinajstić information content (AvgIpc) is 2.79. The summed E-state index contributed by atoms with van der Waals surface area (Å²) in [7, 11) is -3.08. The van der Waals surface area contributed by atoms with Crippen LogP contribution in [0.2, 0.25) is 0 Å². The smallest absolute Gasteiger partial charge is 0.248 e. The number of hydrogen-bond acceptors (Lipinski definition) is 3. The van der Waals surface area contributed by atoms with Crippen LogP contribution in [0.25, 0.3) is 0 Å². The number of hydrogen-bond donors (Lipinski definition) is 1. The van der Waals surface area contributed by atoms with Gasteiger partial charge in [-0.15, -0.1) is 0 Å². The van der Waals surface area contributed by atoms with Crippen LogP contribution in [0, 0.1) is 17.5 Å². The van der Waals surface area contributed by atoms with Crippen molar-refractivity contribution >= 4 is 10.0 Å². The highest BCUT2D eigenvalue weighted by molar-refractivity contribution is 7.89. The molecule has 2 rings (SSSR count). The minimum atomic E-state index is -4.33. The number of halogens is 3. The van der Waals surface area contributed by atoms with E-state index in [-0.39, 0.29) is 12.6 Å². The van der Waals surface area contributed by atoms with Crippen molar-refractivity contribution in [3.63, 3.8) is 0 Å². The molecule has 1 unspecified atom stereocenters. The van der Waals surface area contributed by atoms with Gasteiger partial charge < -0.3 is 5.32 Å². The Morgan fingerprint density at radius 3 is 2.40 bits per heavy atom. The lowest BCUT2D eigenvalue weighted by Crippen LogP contribution is -2.39. The van der Waals surface area contributed by atoms with Crippen LogP contribution in [-0.2, 0) is 10.0 Å². The van der Waals surface area contributed by atoms with E-state index in [9.17, 15) is 21.6 Å². The van der Waals surface area contributed by atoms with Crippen LogP contribution in [0.4, 0.5) is 13.2 Å². The Morgan fingerprint density at radius 1 is 1.30 bits per heavy atom. The fourth-order valence-corrected chi connectivity index (χ4v) is 3.55. The van der Waals surface area contributed by atoms with Crippen molar-refractivity contribution in [2.45, 2.75) is 23.8 Å². The molecule has 1 aliphatic heterocycles. The lowest BCUT2D eigenvalue weighted by Gasteiger charge is -2.21. The second-order valence-electron chi connectivity index (χ2n) is 4.78. The van der Waals surface area contributed by atoms with Crippen molar-refractivity contribution in [2.24, 2.45) is 0 Å². The molecule has 0 amide bonds. The highest BCUT2D eigenvalue weighted by atomic mass is 32.2. The Balaban J connectivity index is 2.29. The Bertz CT molecular complexity index is 578. The lowest BCUT2D eigenvalue weighted by atomic mass is 10.2. The lowest BCUT2D eigenvalue weighted by molar-refractivity contribution is 0.408. The van der Waals surface area contributed by atoms with Crippen LogP contribution in [-0.4, -0.2) is 38.9 Å². The van der Waals surface area contributed by atoms with Crippen molar-refractivity contribution in [2.75, 3.05) is 20.1 Å². The molecule has 112 valence electrons. The van der Waals surface area contributed by atoms with Crippen LogP contribution in [0.5, 0.6) is 0 Å². The van der Waals surface area contributed by atoms with Gasteiger partial charge in [0.1, 0.15) is 17.5 Å². The number of likely N-dealkylation sites (N-methyl/N-ethyl adjacent to an activating group) is 1. The first-order valence-corrected chi connectivity index (χ1v) is 7.60. The molecule has 1 aliphatic rings. The molecule has 0 bridgehead atoms. The van der Waals surface area contributed by atoms with Gasteiger partial charge in [0.25, 0.3) is 0 Å². The summed E-state index contributed by atoms with van der Waals surface area (Å²) in [6.45, 7) is 0.899. The summed E-state index contributed by atoms with van der Waals surface area (Å²) >= 11 is 0. The molecule has 20 heavy (non-hydrogen) atoms. The number of rotatable bonds is 4. The number of benzene rings is 1. The molecule has 1 aromatic rings. The molecule has 1 atom stereocenters. The van der Waals surface area contributed by atoms with Crippen LogP contribution in [0.1, 0.15) is 12.8 Å². The summed E-state index contributed by atoms with van der Waals surface area (Å²) in [5, 5.41) is 3.10. The van der Waals surface area contributed by atoms with Gasteiger partial charge in [0.05, 0.1) is 0 Å². The van der Waals surface area contributed by atoms with Crippen molar-refractivity contribution < 1.29 is 21.6 Å². The predicted molar refractivity (Wildman–Crippen MR) is 67.2 cm³/mol. The Morgan fingerprint density at radius 2 is 1.90 bits per heavy atom. The minimum Gasteiger partial charge on any atom is -0.313 e. The maximum atomic E-state index is 13.6. The average molecular weight is 308 g/mol. The van der Waals surface area contributed by atoms with Gasteiger partial charge in [-0.05, 0) is 19.4 Å². The van der Waals surface area contributed by atoms with Crippen molar-refractivity contribution in [1.82, 2.24) is 9.62 Å². The summed E-state index contributed by atoms with van der Waals surface area (Å²) in [6, 6.07) is 0.677. The van der Waals surface area contributed by atoms with Crippen LogP contribution < -0.4 is 5.32 Å². The number of nitrogens with zero attached hydrogens (tertiary/aromatic N) is 1. The summed E-state index contributed by atoms with van der Waals surface area (Å²) < 4.78 is 65.2. The first kappa shape index (κ1) is 15.3. The number of nitrogens with one attached hydrogen (secondary N) is 1. The second-order valence-corrected chi connectivity index (χ2v) is 6.76. The fourth-order valence-electron chi connectivity index (χ4n) is 2.25. The summed E-state index contributed by atoms with van der Waals surface area (Å²) in [5.74, 6) is -4.00. The topological polar surface area (TPSA) is 49.4 Å². The zero-order valence-corrected chi connectivity index (χ0v) is 11.7. The first-order chi connectivity index (χ1) is 9.32. The zero-order chi connectivity index (χ0) is 14.9. The van der Waals surface area contributed by atoms with Gasteiger partial charge in [-0.25, -0.2) is 21.6 Å². The Labute approximate surface area is 115 Å². The van der Waals surface area contributed by atoms with E-state index in [2.05, 4.69) is 5.32 Å². The van der Waals surface area contributed by atoms with E-state index in [1.54, 1.807) is 0 Å². The van der Waals surface area contributed by atoms with E-state index < -0.39 is 32.4 Å². The number of sulfonamides is 1.